The summed E-state index contributed by atoms with van der Waals surface area (Å²) in [5.74, 6) is 0. The van der Waals surface area contributed by atoms with Crippen molar-refractivity contribution < 1.29 is 29.9 Å². The molecule has 0 unspecified atom stereocenters. The van der Waals surface area contributed by atoms with Crippen LogP contribution in [0.1, 0.15) is 0 Å². The monoisotopic (exact) mass is 286 g/mol. The molecule has 0 aromatic heterocycles. The first-order valence-corrected chi connectivity index (χ1v) is 5.72. The second kappa shape index (κ2) is 6.09. The molecular weight excluding hydrogens is 272 g/mol. The van der Waals surface area contributed by atoms with Gasteiger partial charge in [-0.25, -0.2) is 0 Å². The molecule has 0 aromatic rings. The summed E-state index contributed by atoms with van der Waals surface area (Å²) < 4.78 is 9.99. The van der Waals surface area contributed by atoms with Crippen molar-refractivity contribution in [1.82, 2.24) is 0 Å². The molecule has 1 aliphatic heterocycles. The van der Waals surface area contributed by atoms with Gasteiger partial charge in [0.25, 0.3) is 0 Å². The number of rotatable bonds is 4. The van der Waals surface area contributed by atoms with Crippen LogP contribution in [0.25, 0.3) is 0 Å². The van der Waals surface area contributed by atoms with Gasteiger partial charge in [-0.05, 0) is 0 Å². The fourth-order valence-electron chi connectivity index (χ4n) is 1.43. The van der Waals surface area contributed by atoms with Crippen LogP contribution in [0.3, 0.4) is 0 Å². The highest BCUT2D eigenvalue weighted by atomic mass is 79.9. The van der Waals surface area contributed by atoms with Gasteiger partial charge in [0.05, 0.1) is 13.2 Å². The Kier molecular flexibility index (Phi) is 5.41. The summed E-state index contributed by atoms with van der Waals surface area (Å²) in [5, 5.41) is 37.9. The van der Waals surface area contributed by atoms with Gasteiger partial charge in [-0.2, -0.15) is 0 Å². The van der Waals surface area contributed by atoms with Crippen LogP contribution in [-0.2, 0) is 9.47 Å². The third kappa shape index (κ3) is 3.10. The molecule has 4 N–H and O–H groups in total. The predicted molar refractivity (Wildman–Crippen MR) is 53.5 cm³/mol. The Balaban J connectivity index is 2.58. The van der Waals surface area contributed by atoms with Crippen molar-refractivity contribution in [2.75, 3.05) is 18.5 Å². The second-order valence-corrected chi connectivity index (χ2v) is 4.05. The molecule has 15 heavy (non-hydrogen) atoms. The Morgan fingerprint density at radius 3 is 2.40 bits per heavy atom. The van der Waals surface area contributed by atoms with Crippen LogP contribution in [0.4, 0.5) is 0 Å². The number of hydrogen-bond acceptors (Lipinski definition) is 6. The Labute approximate surface area is 95.6 Å². The van der Waals surface area contributed by atoms with Gasteiger partial charge in [0.2, 0.25) is 0 Å². The largest absolute Gasteiger partial charge is 0.394 e. The molecule has 1 rings (SSSR count). The van der Waals surface area contributed by atoms with Crippen LogP contribution >= 0.6 is 15.9 Å². The van der Waals surface area contributed by atoms with E-state index in [1.54, 1.807) is 0 Å². The normalized spacial score (nSPS) is 41.8. The van der Waals surface area contributed by atoms with Crippen LogP contribution in [-0.4, -0.2) is 69.7 Å². The molecule has 1 heterocycles. The molecule has 0 aliphatic carbocycles. The average Bonchev–Trinajstić information content (AvgIpc) is 2.23. The predicted octanol–water partition coefficient (Wildman–Crippen LogP) is -1.80. The lowest BCUT2D eigenvalue weighted by Gasteiger charge is -2.39. The summed E-state index contributed by atoms with van der Waals surface area (Å²) >= 11 is 3.13. The highest BCUT2D eigenvalue weighted by Gasteiger charge is 2.44. The van der Waals surface area contributed by atoms with E-state index in [4.69, 9.17) is 14.6 Å². The molecule has 6 nitrogen and oxygen atoms in total. The van der Waals surface area contributed by atoms with Crippen molar-refractivity contribution in [3.8, 4) is 0 Å². The number of aliphatic hydroxyl groups is 4. The minimum Gasteiger partial charge on any atom is -0.394 e. The Hall–Kier alpha value is 0.240. The summed E-state index contributed by atoms with van der Waals surface area (Å²) in [6.07, 6.45) is -5.87. The van der Waals surface area contributed by atoms with Gasteiger partial charge in [-0.3, -0.25) is 0 Å². The number of aliphatic hydroxyl groups excluding tert-OH is 4. The molecule has 0 bridgehead atoms. The molecule has 0 amide bonds. The lowest BCUT2D eigenvalue weighted by atomic mass is 9.99. The quantitative estimate of drug-likeness (QED) is 0.455. The first-order valence-electron chi connectivity index (χ1n) is 4.60. The first-order chi connectivity index (χ1) is 7.11. The summed E-state index contributed by atoms with van der Waals surface area (Å²) in [6.45, 7) is -0.195. The zero-order chi connectivity index (χ0) is 11.4. The fraction of sp³-hybridized carbons (Fsp3) is 1.00. The van der Waals surface area contributed by atoms with Crippen LogP contribution in [0.5, 0.6) is 0 Å². The van der Waals surface area contributed by atoms with Crippen molar-refractivity contribution in [1.29, 1.82) is 0 Å². The Morgan fingerprint density at radius 1 is 1.20 bits per heavy atom. The molecule has 90 valence electrons. The third-order valence-electron chi connectivity index (χ3n) is 2.23. The van der Waals surface area contributed by atoms with E-state index in [0.717, 1.165) is 0 Å². The zero-order valence-electron chi connectivity index (χ0n) is 7.99. The van der Waals surface area contributed by atoms with E-state index in [1.165, 1.54) is 0 Å². The molecule has 0 radical (unpaired) electrons. The van der Waals surface area contributed by atoms with Crippen molar-refractivity contribution in [3.05, 3.63) is 0 Å². The highest BCUT2D eigenvalue weighted by Crippen LogP contribution is 2.21. The molecule has 1 fully saturated rings. The first kappa shape index (κ1) is 13.3. The van der Waals surface area contributed by atoms with Gasteiger partial charge in [0, 0.05) is 5.33 Å². The minimum absolute atomic E-state index is 0.276. The highest BCUT2D eigenvalue weighted by molar-refractivity contribution is 9.09. The van der Waals surface area contributed by atoms with Crippen LogP contribution in [0, 0.1) is 0 Å². The number of alkyl halides is 1. The Bertz CT molecular complexity index is 192. The van der Waals surface area contributed by atoms with Crippen molar-refractivity contribution in [3.63, 3.8) is 0 Å². The molecule has 1 saturated heterocycles. The van der Waals surface area contributed by atoms with E-state index in [-0.39, 0.29) is 6.61 Å². The van der Waals surface area contributed by atoms with E-state index in [0.29, 0.717) is 5.33 Å². The number of ether oxygens (including phenoxy) is 2. The van der Waals surface area contributed by atoms with Gasteiger partial charge in [0.15, 0.2) is 6.29 Å². The fourth-order valence-corrected chi connectivity index (χ4v) is 1.62. The molecule has 1 aliphatic rings. The minimum atomic E-state index is -1.35. The molecule has 0 spiro atoms. The van der Waals surface area contributed by atoms with Gasteiger partial charge >= 0.3 is 0 Å². The van der Waals surface area contributed by atoms with Crippen molar-refractivity contribution in [2.24, 2.45) is 0 Å². The second-order valence-electron chi connectivity index (χ2n) is 3.25. The van der Waals surface area contributed by atoms with Crippen LogP contribution in [0.15, 0.2) is 0 Å². The van der Waals surface area contributed by atoms with E-state index in [9.17, 15) is 15.3 Å². The maximum Gasteiger partial charge on any atom is 0.184 e. The summed E-state index contributed by atoms with van der Waals surface area (Å²) in [5.41, 5.74) is 0. The van der Waals surface area contributed by atoms with Gasteiger partial charge in [-0.15, -0.1) is 0 Å². The van der Waals surface area contributed by atoms with Crippen LogP contribution < -0.4 is 0 Å². The molecule has 5 atom stereocenters. The van der Waals surface area contributed by atoms with Crippen molar-refractivity contribution >= 4 is 15.9 Å². The standard InChI is InChI=1S/C8H15BrO6/c9-1-2-14-7-6(12)5(11)4(3-10)15-8(7)13/h4-8,10-13H,1-3H2/t4-,5+,6+,7-,8-/m1/s1. The SMILES string of the molecule is OC[C@H]1O[C@@H](O)[C@H](OCCBr)[C@@H](O)[C@H]1O. The van der Waals surface area contributed by atoms with Crippen molar-refractivity contribution in [2.45, 2.75) is 30.7 Å². The Morgan fingerprint density at radius 2 is 1.87 bits per heavy atom. The maximum absolute atomic E-state index is 9.59. The van der Waals surface area contributed by atoms with Crippen LogP contribution in [0.2, 0.25) is 0 Å². The molecule has 0 saturated carbocycles. The molecular formula is C8H15BrO6. The average molecular weight is 287 g/mol. The van der Waals surface area contributed by atoms with E-state index >= 15 is 0 Å². The summed E-state index contributed by atoms with van der Waals surface area (Å²) in [6, 6.07) is 0. The van der Waals surface area contributed by atoms with Gasteiger partial charge in [-0.1, -0.05) is 15.9 Å². The third-order valence-corrected chi connectivity index (χ3v) is 2.55. The van der Waals surface area contributed by atoms with E-state index in [1.807, 2.05) is 0 Å². The molecule has 7 heteroatoms. The maximum atomic E-state index is 9.59. The number of hydrogen-bond donors (Lipinski definition) is 4. The summed E-state index contributed by atoms with van der Waals surface area (Å²) in [4.78, 5) is 0. The molecule has 0 aromatic carbocycles. The van der Waals surface area contributed by atoms with E-state index in [2.05, 4.69) is 15.9 Å². The topological polar surface area (TPSA) is 99.4 Å². The van der Waals surface area contributed by atoms with E-state index < -0.39 is 37.3 Å². The lowest BCUT2D eigenvalue weighted by molar-refractivity contribution is -0.295. The van der Waals surface area contributed by atoms with Gasteiger partial charge < -0.3 is 29.9 Å². The zero-order valence-corrected chi connectivity index (χ0v) is 9.58. The lowest BCUT2D eigenvalue weighted by Crippen LogP contribution is -2.59. The number of halogens is 1. The smallest absolute Gasteiger partial charge is 0.184 e. The van der Waals surface area contributed by atoms with Gasteiger partial charge in [0.1, 0.15) is 24.4 Å². The summed E-state index contributed by atoms with van der Waals surface area (Å²) in [7, 11) is 0.